The maximum absolute atomic E-state index is 14.1. The molecule has 2 aliphatic rings. The summed E-state index contributed by atoms with van der Waals surface area (Å²) in [6.07, 6.45) is 5.20. The molecule has 0 N–H and O–H groups in total. The zero-order chi connectivity index (χ0) is 19.4. The summed E-state index contributed by atoms with van der Waals surface area (Å²) in [5.41, 5.74) is 1.06. The molecular weight excluding hydrogens is 355 g/mol. The molecule has 0 amide bonds. The molecule has 0 radical (unpaired) electrons. The number of rotatable bonds is 6. The lowest BCUT2D eigenvalue weighted by atomic mass is 9.86. The van der Waals surface area contributed by atoms with E-state index in [1.807, 2.05) is 0 Å². The SMILES string of the molecule is CC(C)Sc1cc(F)cc(N2CCC(CN3CCC(C(C)C)CC3)CC2)c1. The molecular formula is C23H37FN2S. The lowest BCUT2D eigenvalue weighted by Gasteiger charge is -2.39. The standard InChI is InChI=1S/C23H37FN2S/c1-17(2)20-7-9-25(10-8-20)16-19-5-11-26(12-6-19)22-13-21(24)14-23(15-22)27-18(3)4/h13-15,17-20H,5-12,16H2,1-4H3. The van der Waals surface area contributed by atoms with E-state index in [0.29, 0.717) is 5.25 Å². The number of thioether (sulfide) groups is 1. The smallest absolute Gasteiger partial charge is 0.126 e. The van der Waals surface area contributed by atoms with Crippen molar-refractivity contribution in [2.75, 3.05) is 37.6 Å². The van der Waals surface area contributed by atoms with Crippen LogP contribution in [0.1, 0.15) is 53.4 Å². The molecule has 0 bridgehead atoms. The summed E-state index contributed by atoms with van der Waals surface area (Å²) in [7, 11) is 0. The first-order chi connectivity index (χ1) is 12.9. The summed E-state index contributed by atoms with van der Waals surface area (Å²) in [4.78, 5) is 6.13. The Labute approximate surface area is 169 Å². The van der Waals surface area contributed by atoms with Crippen molar-refractivity contribution in [1.82, 2.24) is 4.90 Å². The Kier molecular flexibility index (Phi) is 7.49. The van der Waals surface area contributed by atoms with Gasteiger partial charge >= 0.3 is 0 Å². The van der Waals surface area contributed by atoms with Crippen molar-refractivity contribution in [3.8, 4) is 0 Å². The number of benzene rings is 1. The number of nitrogens with zero attached hydrogens (tertiary/aromatic N) is 2. The molecule has 0 unspecified atom stereocenters. The highest BCUT2D eigenvalue weighted by Crippen LogP contribution is 2.31. The van der Waals surface area contributed by atoms with Gasteiger partial charge in [-0.3, -0.25) is 0 Å². The molecule has 0 aromatic heterocycles. The van der Waals surface area contributed by atoms with Crippen molar-refractivity contribution >= 4 is 17.4 Å². The fourth-order valence-corrected chi connectivity index (χ4v) is 5.53. The Balaban J connectivity index is 1.48. The largest absolute Gasteiger partial charge is 0.371 e. The van der Waals surface area contributed by atoms with Crippen molar-refractivity contribution < 1.29 is 4.39 Å². The average Bonchev–Trinajstić information content (AvgIpc) is 2.61. The van der Waals surface area contributed by atoms with Crippen LogP contribution < -0.4 is 4.90 Å². The van der Waals surface area contributed by atoms with Crippen LogP contribution in [0.5, 0.6) is 0 Å². The van der Waals surface area contributed by atoms with Gasteiger partial charge in [0.05, 0.1) is 0 Å². The molecule has 2 nitrogen and oxygen atoms in total. The summed E-state index contributed by atoms with van der Waals surface area (Å²) < 4.78 is 14.1. The van der Waals surface area contributed by atoms with Crippen molar-refractivity contribution in [3.63, 3.8) is 0 Å². The Morgan fingerprint density at radius 1 is 0.963 bits per heavy atom. The molecule has 0 atom stereocenters. The lowest BCUT2D eigenvalue weighted by Crippen LogP contribution is -2.42. The molecule has 27 heavy (non-hydrogen) atoms. The van der Waals surface area contributed by atoms with E-state index in [2.05, 4.69) is 43.6 Å². The molecule has 152 valence electrons. The van der Waals surface area contributed by atoms with Crippen LogP contribution >= 0.6 is 11.8 Å². The van der Waals surface area contributed by atoms with Gasteiger partial charge in [-0.05, 0) is 74.7 Å². The first kappa shape index (κ1) is 21.0. The van der Waals surface area contributed by atoms with Gasteiger partial charge in [-0.25, -0.2) is 4.39 Å². The second-order valence-electron chi connectivity index (χ2n) is 9.12. The van der Waals surface area contributed by atoms with Crippen molar-refractivity contribution in [2.45, 2.75) is 63.5 Å². The van der Waals surface area contributed by atoms with Gasteiger partial charge < -0.3 is 9.80 Å². The minimum Gasteiger partial charge on any atom is -0.371 e. The monoisotopic (exact) mass is 392 g/mol. The highest BCUT2D eigenvalue weighted by atomic mass is 32.2. The van der Waals surface area contributed by atoms with E-state index < -0.39 is 0 Å². The fraction of sp³-hybridized carbons (Fsp3) is 0.739. The zero-order valence-corrected chi connectivity index (χ0v) is 18.4. The number of hydrogen-bond acceptors (Lipinski definition) is 3. The van der Waals surface area contributed by atoms with E-state index in [1.54, 1.807) is 23.9 Å². The zero-order valence-electron chi connectivity index (χ0n) is 17.6. The van der Waals surface area contributed by atoms with Crippen LogP contribution in [0.25, 0.3) is 0 Å². The van der Waals surface area contributed by atoms with Gasteiger partial charge in [0.15, 0.2) is 0 Å². The summed E-state index contributed by atoms with van der Waals surface area (Å²) in [5.74, 6) is 2.45. The average molecular weight is 393 g/mol. The highest BCUT2D eigenvalue weighted by molar-refractivity contribution is 7.99. The van der Waals surface area contributed by atoms with Gasteiger partial charge in [0.2, 0.25) is 0 Å². The first-order valence-corrected chi connectivity index (χ1v) is 11.7. The van der Waals surface area contributed by atoms with E-state index in [0.717, 1.165) is 41.4 Å². The van der Waals surface area contributed by atoms with E-state index in [-0.39, 0.29) is 5.82 Å². The van der Waals surface area contributed by atoms with Gasteiger partial charge in [0.25, 0.3) is 0 Å². The predicted octanol–water partition coefficient (Wildman–Crippen LogP) is 5.91. The second kappa shape index (κ2) is 9.65. The summed E-state index contributed by atoms with van der Waals surface area (Å²) in [6.45, 7) is 15.0. The van der Waals surface area contributed by atoms with Crippen LogP contribution in [0.15, 0.2) is 23.1 Å². The van der Waals surface area contributed by atoms with Gasteiger partial charge in [0, 0.05) is 35.5 Å². The van der Waals surface area contributed by atoms with Crippen LogP contribution in [0.2, 0.25) is 0 Å². The number of halogens is 1. The maximum Gasteiger partial charge on any atom is 0.126 e. The quantitative estimate of drug-likeness (QED) is 0.556. The van der Waals surface area contributed by atoms with Crippen LogP contribution in [0.4, 0.5) is 10.1 Å². The van der Waals surface area contributed by atoms with Crippen molar-refractivity contribution in [2.24, 2.45) is 17.8 Å². The molecule has 0 spiro atoms. The Morgan fingerprint density at radius 3 is 2.22 bits per heavy atom. The van der Waals surface area contributed by atoms with Crippen LogP contribution in [-0.2, 0) is 0 Å². The van der Waals surface area contributed by atoms with Gasteiger partial charge in [-0.15, -0.1) is 11.8 Å². The minimum absolute atomic E-state index is 0.106. The van der Waals surface area contributed by atoms with E-state index in [1.165, 1.54) is 45.3 Å². The van der Waals surface area contributed by atoms with Crippen LogP contribution in [0, 0.1) is 23.6 Å². The third kappa shape index (κ3) is 6.12. The molecule has 1 aromatic rings. The normalized spacial score (nSPS) is 20.8. The van der Waals surface area contributed by atoms with E-state index in [9.17, 15) is 4.39 Å². The van der Waals surface area contributed by atoms with Crippen molar-refractivity contribution in [3.05, 3.63) is 24.0 Å². The number of likely N-dealkylation sites (tertiary alicyclic amines) is 1. The molecule has 3 rings (SSSR count). The number of hydrogen-bond donors (Lipinski definition) is 0. The molecule has 4 heteroatoms. The minimum atomic E-state index is -0.106. The number of anilines is 1. The molecule has 1 aromatic carbocycles. The lowest BCUT2D eigenvalue weighted by molar-refractivity contribution is 0.132. The van der Waals surface area contributed by atoms with Crippen LogP contribution in [-0.4, -0.2) is 42.9 Å². The van der Waals surface area contributed by atoms with Gasteiger partial charge in [0.1, 0.15) is 5.82 Å². The third-order valence-corrected chi connectivity index (χ3v) is 7.28. The highest BCUT2D eigenvalue weighted by Gasteiger charge is 2.26. The Morgan fingerprint density at radius 2 is 1.63 bits per heavy atom. The van der Waals surface area contributed by atoms with E-state index in [4.69, 9.17) is 0 Å². The Hall–Kier alpha value is -0.740. The fourth-order valence-electron chi connectivity index (χ4n) is 4.61. The van der Waals surface area contributed by atoms with Crippen molar-refractivity contribution in [1.29, 1.82) is 0 Å². The molecule has 0 aliphatic carbocycles. The molecule has 2 saturated heterocycles. The number of piperidine rings is 2. The van der Waals surface area contributed by atoms with E-state index >= 15 is 0 Å². The third-order valence-electron chi connectivity index (χ3n) is 6.30. The van der Waals surface area contributed by atoms with Crippen LogP contribution in [0.3, 0.4) is 0 Å². The predicted molar refractivity (Wildman–Crippen MR) is 116 cm³/mol. The maximum atomic E-state index is 14.1. The first-order valence-electron chi connectivity index (χ1n) is 10.8. The summed E-state index contributed by atoms with van der Waals surface area (Å²) in [5, 5.41) is 0.477. The molecule has 2 heterocycles. The summed E-state index contributed by atoms with van der Waals surface area (Å²) in [6, 6.07) is 5.55. The van der Waals surface area contributed by atoms with Gasteiger partial charge in [-0.2, -0.15) is 0 Å². The molecule has 2 fully saturated rings. The second-order valence-corrected chi connectivity index (χ2v) is 10.8. The topological polar surface area (TPSA) is 6.48 Å². The molecule has 0 saturated carbocycles. The molecule has 2 aliphatic heterocycles. The van der Waals surface area contributed by atoms with Gasteiger partial charge in [-0.1, -0.05) is 27.7 Å². The summed E-state index contributed by atoms with van der Waals surface area (Å²) >= 11 is 1.74. The Bertz CT molecular complexity index is 588.